The van der Waals surface area contributed by atoms with Gasteiger partial charge >= 0.3 is 0 Å². The molecule has 0 radical (unpaired) electrons. The average Bonchev–Trinajstić information content (AvgIpc) is 3.02. The summed E-state index contributed by atoms with van der Waals surface area (Å²) in [5, 5.41) is 2.99. The van der Waals surface area contributed by atoms with Gasteiger partial charge in [0, 0.05) is 18.5 Å². The van der Waals surface area contributed by atoms with Gasteiger partial charge in [0.2, 0.25) is 11.8 Å². The Kier molecular flexibility index (Phi) is 11.5. The first-order valence-electron chi connectivity index (χ1n) is 15.0. The molecule has 0 bridgehead atoms. The zero-order chi connectivity index (χ0) is 34.4. The first-order valence-corrected chi connectivity index (χ1v) is 17.2. The molecule has 4 rings (SSSR count). The van der Waals surface area contributed by atoms with E-state index in [0.717, 1.165) is 15.4 Å². The number of nitrogens with zero attached hydrogens (tertiary/aromatic N) is 2. The average molecular weight is 725 g/mol. The van der Waals surface area contributed by atoms with Gasteiger partial charge in [-0.25, -0.2) is 12.8 Å². The number of methoxy groups -OCH3 is 1. The monoisotopic (exact) mass is 723 g/mol. The van der Waals surface area contributed by atoms with Crippen molar-refractivity contribution in [2.24, 2.45) is 0 Å². The smallest absolute Gasteiger partial charge is 0.264 e. The fourth-order valence-electron chi connectivity index (χ4n) is 4.97. The Labute approximate surface area is 284 Å². The summed E-state index contributed by atoms with van der Waals surface area (Å²) in [6.07, 6.45) is 0.165. The fourth-order valence-corrected chi connectivity index (χ4v) is 7.10. The van der Waals surface area contributed by atoms with Gasteiger partial charge in [-0.2, -0.15) is 0 Å². The first-order chi connectivity index (χ1) is 22.2. The SMILES string of the molecule is COc1ccc(S(=O)(=O)N(CC(=O)N(Cc2ccc(F)cc2)C(Cc2ccccc2)C(=O)NC(C)(C)C)c2ccc(C)cc2)cc1Br. The number of benzene rings is 4. The van der Waals surface area contributed by atoms with E-state index < -0.39 is 45.8 Å². The van der Waals surface area contributed by atoms with Crippen LogP contribution in [0.4, 0.5) is 10.1 Å². The van der Waals surface area contributed by atoms with Gasteiger partial charge < -0.3 is 15.0 Å². The summed E-state index contributed by atoms with van der Waals surface area (Å²) in [7, 11) is -2.83. The lowest BCUT2D eigenvalue weighted by molar-refractivity contribution is -0.140. The molecule has 1 atom stereocenters. The number of anilines is 1. The van der Waals surface area contributed by atoms with Gasteiger partial charge in [0.15, 0.2) is 0 Å². The third kappa shape index (κ3) is 9.42. The number of aryl methyl sites for hydroxylation is 1. The van der Waals surface area contributed by atoms with Crippen LogP contribution in [0, 0.1) is 12.7 Å². The van der Waals surface area contributed by atoms with Crippen molar-refractivity contribution in [1.82, 2.24) is 10.2 Å². The summed E-state index contributed by atoms with van der Waals surface area (Å²) in [6.45, 7) is 6.73. The van der Waals surface area contributed by atoms with Crippen LogP contribution in [-0.2, 0) is 32.6 Å². The van der Waals surface area contributed by atoms with Crippen LogP contribution in [0.5, 0.6) is 5.75 Å². The van der Waals surface area contributed by atoms with Crippen LogP contribution < -0.4 is 14.4 Å². The Bertz CT molecular complexity index is 1800. The predicted molar refractivity (Wildman–Crippen MR) is 185 cm³/mol. The van der Waals surface area contributed by atoms with Gasteiger partial charge in [-0.3, -0.25) is 13.9 Å². The van der Waals surface area contributed by atoms with Gasteiger partial charge in [-0.05, 0) is 97.2 Å². The predicted octanol–water partition coefficient (Wildman–Crippen LogP) is 6.66. The number of carbonyl (C=O) groups excluding carboxylic acids is 2. The lowest BCUT2D eigenvalue weighted by Crippen LogP contribution is -2.56. The highest BCUT2D eigenvalue weighted by atomic mass is 79.9. The maximum absolute atomic E-state index is 14.5. The van der Waals surface area contributed by atoms with Crippen LogP contribution in [0.2, 0.25) is 0 Å². The Morgan fingerprint density at radius 1 is 0.915 bits per heavy atom. The van der Waals surface area contributed by atoms with Crippen molar-refractivity contribution in [2.75, 3.05) is 18.0 Å². The van der Waals surface area contributed by atoms with E-state index in [1.165, 1.54) is 42.3 Å². The number of ether oxygens (including phenoxy) is 1. The molecular formula is C36H39BrFN3O5S. The molecule has 1 unspecified atom stereocenters. The Balaban J connectivity index is 1.82. The molecular weight excluding hydrogens is 685 g/mol. The number of sulfonamides is 1. The maximum atomic E-state index is 14.5. The molecule has 47 heavy (non-hydrogen) atoms. The number of hydrogen-bond acceptors (Lipinski definition) is 5. The summed E-state index contributed by atoms with van der Waals surface area (Å²) in [6, 6.07) is 25.1. The highest BCUT2D eigenvalue weighted by Crippen LogP contribution is 2.31. The van der Waals surface area contributed by atoms with Gasteiger partial charge in [-0.1, -0.05) is 60.2 Å². The topological polar surface area (TPSA) is 96.0 Å². The fraction of sp³-hybridized carbons (Fsp3) is 0.278. The van der Waals surface area contributed by atoms with E-state index >= 15 is 0 Å². The summed E-state index contributed by atoms with van der Waals surface area (Å²) in [5.41, 5.74) is 1.95. The van der Waals surface area contributed by atoms with E-state index in [4.69, 9.17) is 4.74 Å². The van der Waals surface area contributed by atoms with Crippen LogP contribution in [0.3, 0.4) is 0 Å². The second-order valence-electron chi connectivity index (χ2n) is 12.2. The maximum Gasteiger partial charge on any atom is 0.264 e. The first kappa shape index (κ1) is 35.6. The Morgan fingerprint density at radius 3 is 2.13 bits per heavy atom. The summed E-state index contributed by atoms with van der Waals surface area (Å²) in [4.78, 5) is 29.8. The number of carbonyl (C=O) groups is 2. The van der Waals surface area contributed by atoms with Gasteiger partial charge in [0.1, 0.15) is 24.2 Å². The van der Waals surface area contributed by atoms with Crippen LogP contribution in [0.25, 0.3) is 0 Å². The van der Waals surface area contributed by atoms with Crippen molar-refractivity contribution in [3.63, 3.8) is 0 Å². The standard InChI is InChI=1S/C36H39BrFN3O5S/c1-25-11-17-29(18-12-25)41(47(44,45)30-19-20-33(46-5)31(37)22-30)24-34(42)40(23-27-13-15-28(38)16-14-27)32(35(43)39-36(2,3)4)21-26-9-7-6-8-10-26/h6-20,22,32H,21,23-24H2,1-5H3,(H,39,43). The number of amides is 2. The zero-order valence-electron chi connectivity index (χ0n) is 27.0. The van der Waals surface area contributed by atoms with Gasteiger partial charge in [-0.15, -0.1) is 0 Å². The molecule has 11 heteroatoms. The molecule has 4 aromatic carbocycles. The number of hydrogen-bond donors (Lipinski definition) is 1. The summed E-state index contributed by atoms with van der Waals surface area (Å²) >= 11 is 3.37. The van der Waals surface area contributed by atoms with E-state index in [0.29, 0.717) is 15.8 Å². The molecule has 248 valence electrons. The van der Waals surface area contributed by atoms with E-state index in [9.17, 15) is 22.4 Å². The number of nitrogens with one attached hydrogen (secondary N) is 1. The molecule has 4 aromatic rings. The van der Waals surface area contributed by atoms with E-state index in [2.05, 4.69) is 21.2 Å². The van der Waals surface area contributed by atoms with Crippen molar-refractivity contribution < 1.29 is 27.1 Å². The number of rotatable bonds is 12. The molecule has 0 saturated carbocycles. The molecule has 0 saturated heterocycles. The molecule has 0 aliphatic carbocycles. The van der Waals surface area contributed by atoms with Crippen molar-refractivity contribution in [3.8, 4) is 5.75 Å². The minimum absolute atomic E-state index is 0.0602. The molecule has 0 aliphatic rings. The van der Waals surface area contributed by atoms with Crippen LogP contribution in [0.15, 0.2) is 106 Å². The third-order valence-corrected chi connectivity index (χ3v) is 9.74. The largest absolute Gasteiger partial charge is 0.496 e. The zero-order valence-corrected chi connectivity index (χ0v) is 29.4. The molecule has 2 amide bonds. The summed E-state index contributed by atoms with van der Waals surface area (Å²) < 4.78 is 49.2. The second kappa shape index (κ2) is 15.1. The van der Waals surface area contributed by atoms with Crippen molar-refractivity contribution in [2.45, 2.75) is 57.1 Å². The van der Waals surface area contributed by atoms with Crippen molar-refractivity contribution in [1.29, 1.82) is 0 Å². The highest BCUT2D eigenvalue weighted by molar-refractivity contribution is 9.10. The highest BCUT2D eigenvalue weighted by Gasteiger charge is 2.35. The second-order valence-corrected chi connectivity index (χ2v) is 15.0. The minimum atomic E-state index is -4.31. The minimum Gasteiger partial charge on any atom is -0.496 e. The molecule has 1 N–H and O–H groups in total. The van der Waals surface area contributed by atoms with Gasteiger partial charge in [0.05, 0.1) is 22.2 Å². The third-order valence-electron chi connectivity index (χ3n) is 7.35. The summed E-state index contributed by atoms with van der Waals surface area (Å²) in [5.74, 6) is -1.02. The number of halogens is 2. The Hall–Kier alpha value is -4.22. The lowest BCUT2D eigenvalue weighted by atomic mass is 10.0. The van der Waals surface area contributed by atoms with Crippen LogP contribution in [0.1, 0.15) is 37.5 Å². The van der Waals surface area contributed by atoms with Crippen LogP contribution >= 0.6 is 15.9 Å². The molecule has 8 nitrogen and oxygen atoms in total. The molecule has 0 fully saturated rings. The van der Waals surface area contributed by atoms with Crippen molar-refractivity contribution >= 4 is 43.5 Å². The normalized spacial score (nSPS) is 12.2. The van der Waals surface area contributed by atoms with E-state index in [-0.39, 0.29) is 23.5 Å². The Morgan fingerprint density at radius 2 is 1.55 bits per heavy atom. The molecule has 0 aliphatic heterocycles. The van der Waals surface area contributed by atoms with Crippen molar-refractivity contribution in [3.05, 3.63) is 124 Å². The van der Waals surface area contributed by atoms with Crippen LogP contribution in [-0.4, -0.2) is 50.4 Å². The van der Waals surface area contributed by atoms with E-state index in [1.807, 2.05) is 58.0 Å². The molecule has 0 spiro atoms. The quantitative estimate of drug-likeness (QED) is 0.177. The van der Waals surface area contributed by atoms with Gasteiger partial charge in [0.25, 0.3) is 10.0 Å². The van der Waals surface area contributed by atoms with E-state index in [1.54, 1.807) is 36.4 Å². The molecule has 0 heterocycles. The lowest BCUT2D eigenvalue weighted by Gasteiger charge is -2.35. The molecule has 0 aromatic heterocycles.